The first kappa shape index (κ1) is 11.5. The summed E-state index contributed by atoms with van der Waals surface area (Å²) in [6.45, 7) is 0.0172. The molecule has 1 aromatic rings. The van der Waals surface area contributed by atoms with Gasteiger partial charge in [0.2, 0.25) is 0 Å². The second-order valence-electron chi connectivity index (χ2n) is 3.99. The number of nitrogens with zero attached hydrogens (tertiary/aromatic N) is 1. The maximum Gasteiger partial charge on any atom is 0.323 e. The SMILES string of the molecule is O=C(O)CN(C(=O)NCc1ccco1)C1CC1. The molecule has 2 amide bonds. The molecular formula is C11H14N2O4. The number of hydrogen-bond acceptors (Lipinski definition) is 3. The zero-order valence-corrected chi connectivity index (χ0v) is 9.26. The zero-order valence-electron chi connectivity index (χ0n) is 9.26. The number of furan rings is 1. The minimum atomic E-state index is -0.995. The summed E-state index contributed by atoms with van der Waals surface area (Å²) in [5, 5.41) is 11.4. The summed E-state index contributed by atoms with van der Waals surface area (Å²) in [5.41, 5.74) is 0. The molecule has 2 rings (SSSR count). The Hall–Kier alpha value is -1.98. The molecule has 1 aliphatic carbocycles. The lowest BCUT2D eigenvalue weighted by atomic mass is 10.4. The van der Waals surface area contributed by atoms with E-state index in [1.807, 2.05) is 0 Å². The fraction of sp³-hybridized carbons (Fsp3) is 0.455. The van der Waals surface area contributed by atoms with Crippen LogP contribution >= 0.6 is 0 Å². The molecule has 1 aromatic heterocycles. The lowest BCUT2D eigenvalue weighted by Gasteiger charge is -2.20. The van der Waals surface area contributed by atoms with Crippen LogP contribution in [-0.2, 0) is 11.3 Å². The fourth-order valence-corrected chi connectivity index (χ4v) is 1.58. The highest BCUT2D eigenvalue weighted by molar-refractivity contribution is 5.80. The van der Waals surface area contributed by atoms with Crippen molar-refractivity contribution in [2.75, 3.05) is 6.54 Å². The Bertz CT molecular complexity index is 398. The van der Waals surface area contributed by atoms with Gasteiger partial charge in [-0.1, -0.05) is 0 Å². The van der Waals surface area contributed by atoms with Gasteiger partial charge in [0, 0.05) is 6.04 Å². The van der Waals surface area contributed by atoms with Crippen LogP contribution in [0.4, 0.5) is 4.79 Å². The third-order valence-corrected chi connectivity index (χ3v) is 2.55. The number of carbonyl (C=O) groups excluding carboxylic acids is 1. The zero-order chi connectivity index (χ0) is 12.3. The van der Waals surface area contributed by atoms with E-state index < -0.39 is 5.97 Å². The maximum atomic E-state index is 11.8. The number of urea groups is 1. The number of carboxylic acids is 1. The van der Waals surface area contributed by atoms with E-state index >= 15 is 0 Å². The van der Waals surface area contributed by atoms with Crippen molar-refractivity contribution in [1.82, 2.24) is 10.2 Å². The lowest BCUT2D eigenvalue weighted by Crippen LogP contribution is -2.43. The van der Waals surface area contributed by atoms with Crippen LogP contribution in [-0.4, -0.2) is 34.6 Å². The molecular weight excluding hydrogens is 224 g/mol. The van der Waals surface area contributed by atoms with Crippen molar-refractivity contribution >= 4 is 12.0 Å². The lowest BCUT2D eigenvalue weighted by molar-refractivity contribution is -0.137. The van der Waals surface area contributed by atoms with Crippen LogP contribution in [0.2, 0.25) is 0 Å². The molecule has 92 valence electrons. The predicted molar refractivity (Wildman–Crippen MR) is 58.3 cm³/mol. The molecule has 0 radical (unpaired) electrons. The molecule has 17 heavy (non-hydrogen) atoms. The molecule has 0 spiro atoms. The van der Waals surface area contributed by atoms with Gasteiger partial charge in [0.05, 0.1) is 12.8 Å². The van der Waals surface area contributed by atoms with E-state index in [0.717, 1.165) is 12.8 Å². The number of carboxylic acid groups (broad SMARTS) is 1. The van der Waals surface area contributed by atoms with Crippen molar-refractivity contribution in [2.45, 2.75) is 25.4 Å². The molecule has 1 saturated carbocycles. The largest absolute Gasteiger partial charge is 0.480 e. The summed E-state index contributed by atoms with van der Waals surface area (Å²) in [6, 6.07) is 3.20. The number of rotatable bonds is 5. The average molecular weight is 238 g/mol. The summed E-state index contributed by atoms with van der Waals surface area (Å²) in [5.74, 6) is -0.352. The van der Waals surface area contributed by atoms with Crippen LogP contribution in [0.15, 0.2) is 22.8 Å². The van der Waals surface area contributed by atoms with Crippen molar-refractivity contribution in [1.29, 1.82) is 0 Å². The molecule has 0 bridgehead atoms. The standard InChI is InChI=1S/C11H14N2O4/c14-10(15)7-13(8-3-4-8)11(16)12-6-9-2-1-5-17-9/h1-2,5,8H,3-4,6-7H2,(H,12,16)(H,14,15). The van der Waals surface area contributed by atoms with Crippen LogP contribution < -0.4 is 5.32 Å². The summed E-state index contributed by atoms with van der Waals surface area (Å²) in [6.07, 6.45) is 3.28. The van der Waals surface area contributed by atoms with Gasteiger partial charge in [-0.25, -0.2) is 4.79 Å². The van der Waals surface area contributed by atoms with Crippen LogP contribution in [0.1, 0.15) is 18.6 Å². The number of aliphatic carboxylic acids is 1. The highest BCUT2D eigenvalue weighted by atomic mass is 16.4. The quantitative estimate of drug-likeness (QED) is 0.802. The number of carbonyl (C=O) groups is 2. The van der Waals surface area contributed by atoms with Crippen molar-refractivity contribution < 1.29 is 19.1 Å². The molecule has 1 heterocycles. The maximum absolute atomic E-state index is 11.8. The Morgan fingerprint density at radius 3 is 2.82 bits per heavy atom. The van der Waals surface area contributed by atoms with Crippen LogP contribution in [0.3, 0.4) is 0 Å². The molecule has 2 N–H and O–H groups in total. The van der Waals surface area contributed by atoms with Gasteiger partial charge >= 0.3 is 12.0 Å². The molecule has 0 aromatic carbocycles. The Morgan fingerprint density at radius 2 is 2.29 bits per heavy atom. The van der Waals surface area contributed by atoms with Gasteiger partial charge < -0.3 is 19.7 Å². The number of hydrogen-bond donors (Lipinski definition) is 2. The molecule has 6 heteroatoms. The van der Waals surface area contributed by atoms with Crippen LogP contribution in [0.25, 0.3) is 0 Å². The van der Waals surface area contributed by atoms with Crippen LogP contribution in [0.5, 0.6) is 0 Å². The number of nitrogens with one attached hydrogen (secondary N) is 1. The van der Waals surface area contributed by atoms with Gasteiger partial charge in [0.25, 0.3) is 0 Å². The van der Waals surface area contributed by atoms with E-state index in [0.29, 0.717) is 5.76 Å². The molecule has 0 aliphatic heterocycles. The first-order valence-corrected chi connectivity index (χ1v) is 5.45. The molecule has 1 aliphatic rings. The highest BCUT2D eigenvalue weighted by Crippen LogP contribution is 2.26. The Balaban J connectivity index is 1.85. The summed E-state index contributed by atoms with van der Waals surface area (Å²) in [7, 11) is 0. The first-order valence-electron chi connectivity index (χ1n) is 5.45. The molecule has 0 atom stereocenters. The third-order valence-electron chi connectivity index (χ3n) is 2.55. The van der Waals surface area contributed by atoms with Gasteiger partial charge in [-0.15, -0.1) is 0 Å². The normalized spacial score (nSPS) is 14.4. The van der Waals surface area contributed by atoms with Gasteiger partial charge in [-0.3, -0.25) is 4.79 Å². The summed E-state index contributed by atoms with van der Waals surface area (Å²) >= 11 is 0. The summed E-state index contributed by atoms with van der Waals surface area (Å²) in [4.78, 5) is 23.8. The summed E-state index contributed by atoms with van der Waals surface area (Å²) < 4.78 is 5.07. The van der Waals surface area contributed by atoms with Crippen molar-refractivity contribution in [2.24, 2.45) is 0 Å². The van der Waals surface area contributed by atoms with E-state index in [1.165, 1.54) is 11.2 Å². The Labute approximate surface area is 98.2 Å². The van der Waals surface area contributed by atoms with Crippen LogP contribution in [0, 0.1) is 0 Å². The van der Waals surface area contributed by atoms with Crippen molar-refractivity contribution in [3.05, 3.63) is 24.2 Å². The minimum Gasteiger partial charge on any atom is -0.480 e. The highest BCUT2D eigenvalue weighted by Gasteiger charge is 2.33. The first-order chi connectivity index (χ1) is 8.16. The average Bonchev–Trinajstić information content (AvgIpc) is 2.99. The van der Waals surface area contributed by atoms with E-state index in [4.69, 9.17) is 9.52 Å². The smallest absolute Gasteiger partial charge is 0.323 e. The van der Waals surface area contributed by atoms with Crippen molar-refractivity contribution in [3.8, 4) is 0 Å². The van der Waals surface area contributed by atoms with Crippen molar-refractivity contribution in [3.63, 3.8) is 0 Å². The fourth-order valence-electron chi connectivity index (χ4n) is 1.58. The molecule has 6 nitrogen and oxygen atoms in total. The monoisotopic (exact) mass is 238 g/mol. The van der Waals surface area contributed by atoms with E-state index in [-0.39, 0.29) is 25.2 Å². The Kier molecular flexibility index (Phi) is 3.32. The topological polar surface area (TPSA) is 82.8 Å². The van der Waals surface area contributed by atoms with E-state index in [9.17, 15) is 9.59 Å². The molecule has 0 saturated heterocycles. The van der Waals surface area contributed by atoms with Gasteiger partial charge in [0.15, 0.2) is 0 Å². The number of amides is 2. The predicted octanol–water partition coefficient (Wildman–Crippen LogP) is 1.04. The third kappa shape index (κ3) is 3.24. The molecule has 1 fully saturated rings. The van der Waals surface area contributed by atoms with Gasteiger partial charge in [-0.2, -0.15) is 0 Å². The second kappa shape index (κ2) is 4.90. The minimum absolute atomic E-state index is 0.0719. The Morgan fingerprint density at radius 1 is 1.53 bits per heavy atom. The second-order valence-corrected chi connectivity index (χ2v) is 3.99. The van der Waals surface area contributed by atoms with E-state index in [1.54, 1.807) is 12.1 Å². The van der Waals surface area contributed by atoms with E-state index in [2.05, 4.69) is 5.32 Å². The molecule has 0 unspecified atom stereocenters. The van der Waals surface area contributed by atoms with Gasteiger partial charge in [-0.05, 0) is 25.0 Å². The van der Waals surface area contributed by atoms with Gasteiger partial charge in [0.1, 0.15) is 12.3 Å².